The first-order valence-electron chi connectivity index (χ1n) is 13.4. The Morgan fingerprint density at radius 3 is 2.58 bits per heavy atom. The van der Waals surface area contributed by atoms with Gasteiger partial charge in [-0.15, -0.1) is 0 Å². The van der Waals surface area contributed by atoms with Crippen molar-refractivity contribution >= 4 is 31.6 Å². The molecule has 4 rings (SSSR count). The van der Waals surface area contributed by atoms with Crippen LogP contribution >= 0.6 is 0 Å². The lowest BCUT2D eigenvalue weighted by Gasteiger charge is -2.37. The number of para-hydroxylation sites is 1. The molecule has 1 aliphatic heterocycles. The smallest absolute Gasteiger partial charge is 0.306 e. The topological polar surface area (TPSA) is 91.1 Å². The molecule has 10 heteroatoms. The molecule has 3 atom stereocenters. The Balaban J connectivity index is 1.63. The van der Waals surface area contributed by atoms with Gasteiger partial charge in [0.15, 0.2) is 14.0 Å². The molecule has 1 saturated heterocycles. The van der Waals surface area contributed by atoms with Crippen molar-refractivity contribution in [2.45, 2.75) is 77.8 Å². The van der Waals surface area contributed by atoms with Crippen molar-refractivity contribution in [3.63, 3.8) is 0 Å². The average molecular weight is 540 g/mol. The summed E-state index contributed by atoms with van der Waals surface area (Å²) in [6.07, 6.45) is 2.30. The summed E-state index contributed by atoms with van der Waals surface area (Å²) in [6.45, 7) is 15.7. The number of benzene rings is 1. The highest BCUT2D eigenvalue weighted by Crippen LogP contribution is 2.42. The van der Waals surface area contributed by atoms with Crippen molar-refractivity contribution in [2.24, 2.45) is 5.92 Å². The van der Waals surface area contributed by atoms with E-state index in [-0.39, 0.29) is 29.1 Å². The van der Waals surface area contributed by atoms with E-state index in [9.17, 15) is 4.79 Å². The maximum absolute atomic E-state index is 12.5. The predicted octanol–water partition coefficient (Wildman–Crippen LogP) is 5.62. The Bertz CT molecular complexity index is 1260. The average Bonchev–Trinajstić information content (AvgIpc) is 3.45. The van der Waals surface area contributed by atoms with E-state index in [1.807, 2.05) is 62.3 Å². The van der Waals surface area contributed by atoms with Gasteiger partial charge in [0, 0.05) is 24.2 Å². The third-order valence-corrected chi connectivity index (χ3v) is 12.3. The SMILES string of the molecule is CCOC(=O)C[C@H]1C[C@H](c2cnn3c(N(C)c4ccccc4)nc(C)nc23)O[C@@H]1CO[Si](C)(C)C(C)(C)C. The molecule has 9 nitrogen and oxygen atoms in total. The van der Waals surface area contributed by atoms with Crippen LogP contribution in [0.3, 0.4) is 0 Å². The van der Waals surface area contributed by atoms with Crippen LogP contribution in [-0.4, -0.2) is 60.2 Å². The van der Waals surface area contributed by atoms with Gasteiger partial charge in [-0.3, -0.25) is 4.79 Å². The van der Waals surface area contributed by atoms with Crippen molar-refractivity contribution in [3.05, 3.63) is 47.9 Å². The maximum atomic E-state index is 12.5. The van der Waals surface area contributed by atoms with Crippen LogP contribution in [0.15, 0.2) is 36.5 Å². The van der Waals surface area contributed by atoms with Crippen molar-refractivity contribution in [1.82, 2.24) is 19.6 Å². The van der Waals surface area contributed by atoms with Gasteiger partial charge in [0.2, 0.25) is 5.95 Å². The minimum Gasteiger partial charge on any atom is -0.466 e. The molecule has 2 aromatic heterocycles. The van der Waals surface area contributed by atoms with E-state index in [4.69, 9.17) is 18.9 Å². The Morgan fingerprint density at radius 2 is 1.92 bits per heavy atom. The van der Waals surface area contributed by atoms with Crippen LogP contribution in [0.4, 0.5) is 11.6 Å². The number of esters is 1. The molecule has 0 spiro atoms. The number of carbonyl (C=O) groups excluding carboxylic acids is 1. The van der Waals surface area contributed by atoms with Crippen LogP contribution < -0.4 is 4.90 Å². The summed E-state index contributed by atoms with van der Waals surface area (Å²) in [6, 6.07) is 10.0. The molecular weight excluding hydrogens is 498 g/mol. The van der Waals surface area contributed by atoms with Crippen LogP contribution in [0, 0.1) is 12.8 Å². The molecule has 0 amide bonds. The molecule has 0 saturated carbocycles. The van der Waals surface area contributed by atoms with E-state index in [1.165, 1.54) is 0 Å². The summed E-state index contributed by atoms with van der Waals surface area (Å²) in [7, 11) is -0.0218. The molecule has 1 aliphatic rings. The standard InChI is InChI=1S/C28H41N5O4Si/c1-9-35-25(34)16-20-15-23(37-24(20)18-36-38(7,8)28(3,4)5)22-17-29-33-26(22)30-19(2)31-27(33)32(6)21-13-11-10-12-14-21/h10-14,17,20,23-24H,9,15-16,18H2,1-8H3/t20-,23-,24-/m1/s1. The van der Waals surface area contributed by atoms with Crippen LogP contribution in [0.25, 0.3) is 5.65 Å². The molecule has 1 aromatic carbocycles. The largest absolute Gasteiger partial charge is 0.466 e. The van der Waals surface area contributed by atoms with E-state index < -0.39 is 8.32 Å². The number of fused-ring (bicyclic) bond motifs is 1. The highest BCUT2D eigenvalue weighted by atomic mass is 28.4. The zero-order chi connectivity index (χ0) is 27.7. The van der Waals surface area contributed by atoms with Gasteiger partial charge in [-0.05, 0) is 50.5 Å². The van der Waals surface area contributed by atoms with Gasteiger partial charge in [0.25, 0.3) is 0 Å². The molecule has 0 unspecified atom stereocenters. The fourth-order valence-corrected chi connectivity index (χ4v) is 5.54. The molecule has 3 aromatic rings. The fourth-order valence-electron chi connectivity index (χ4n) is 4.53. The quantitative estimate of drug-likeness (QED) is 0.256. The van der Waals surface area contributed by atoms with Crippen molar-refractivity contribution in [2.75, 3.05) is 25.2 Å². The van der Waals surface area contributed by atoms with Gasteiger partial charge in [-0.2, -0.15) is 14.6 Å². The highest BCUT2D eigenvalue weighted by molar-refractivity contribution is 6.74. The number of nitrogens with zero attached hydrogens (tertiary/aromatic N) is 5. The summed E-state index contributed by atoms with van der Waals surface area (Å²) in [5, 5.41) is 4.75. The second-order valence-corrected chi connectivity index (χ2v) is 16.3. The van der Waals surface area contributed by atoms with Gasteiger partial charge in [0.1, 0.15) is 5.82 Å². The number of anilines is 2. The third kappa shape index (κ3) is 5.92. The lowest BCUT2D eigenvalue weighted by Crippen LogP contribution is -2.43. The fraction of sp³-hybridized carbons (Fsp3) is 0.571. The van der Waals surface area contributed by atoms with Gasteiger partial charge in [-0.1, -0.05) is 39.0 Å². The lowest BCUT2D eigenvalue weighted by atomic mass is 9.94. The van der Waals surface area contributed by atoms with Crippen LogP contribution in [0.5, 0.6) is 0 Å². The van der Waals surface area contributed by atoms with Crippen molar-refractivity contribution in [1.29, 1.82) is 0 Å². The molecule has 38 heavy (non-hydrogen) atoms. The van der Waals surface area contributed by atoms with E-state index in [2.05, 4.69) is 43.9 Å². The number of carbonyl (C=O) groups is 1. The highest BCUT2D eigenvalue weighted by Gasteiger charge is 2.43. The van der Waals surface area contributed by atoms with Gasteiger partial charge in [0.05, 0.1) is 38.0 Å². The number of rotatable bonds is 9. The summed E-state index contributed by atoms with van der Waals surface area (Å²) >= 11 is 0. The molecule has 0 N–H and O–H groups in total. The predicted molar refractivity (Wildman–Crippen MR) is 150 cm³/mol. The number of aryl methyl sites for hydroxylation is 1. The number of aromatic nitrogens is 4. The molecule has 0 aliphatic carbocycles. The van der Waals surface area contributed by atoms with Crippen LogP contribution in [0.2, 0.25) is 18.1 Å². The summed E-state index contributed by atoms with van der Waals surface area (Å²) in [5.74, 6) is 1.09. The van der Waals surface area contributed by atoms with Gasteiger partial charge in [-0.25, -0.2) is 4.98 Å². The van der Waals surface area contributed by atoms with E-state index in [1.54, 1.807) is 4.52 Å². The molecule has 1 fully saturated rings. The third-order valence-electron chi connectivity index (χ3n) is 7.81. The second-order valence-electron chi connectivity index (χ2n) is 11.5. The monoisotopic (exact) mass is 539 g/mol. The summed E-state index contributed by atoms with van der Waals surface area (Å²) < 4.78 is 20.2. The second kappa shape index (κ2) is 11.1. The van der Waals surface area contributed by atoms with Crippen LogP contribution in [-0.2, 0) is 18.7 Å². The van der Waals surface area contributed by atoms with Gasteiger partial charge < -0.3 is 18.8 Å². The Morgan fingerprint density at radius 1 is 1.21 bits per heavy atom. The van der Waals surface area contributed by atoms with Crippen LogP contribution in [0.1, 0.15) is 58.0 Å². The number of hydrogen-bond acceptors (Lipinski definition) is 8. The Labute approximate surface area is 226 Å². The number of hydrogen-bond donors (Lipinski definition) is 0. The molecule has 0 bridgehead atoms. The van der Waals surface area contributed by atoms with E-state index in [0.29, 0.717) is 43.5 Å². The first-order valence-corrected chi connectivity index (χ1v) is 16.3. The van der Waals surface area contributed by atoms with Crippen molar-refractivity contribution in [3.8, 4) is 0 Å². The summed E-state index contributed by atoms with van der Waals surface area (Å²) in [4.78, 5) is 23.9. The minimum atomic E-state index is -1.99. The number of ether oxygens (including phenoxy) is 2. The Hall–Kier alpha value is -2.82. The molecular formula is C28H41N5O4Si. The maximum Gasteiger partial charge on any atom is 0.306 e. The van der Waals surface area contributed by atoms with E-state index in [0.717, 1.165) is 11.3 Å². The first kappa shape index (κ1) is 28.2. The molecule has 0 radical (unpaired) electrons. The lowest BCUT2D eigenvalue weighted by molar-refractivity contribution is -0.144. The van der Waals surface area contributed by atoms with Gasteiger partial charge >= 0.3 is 5.97 Å². The minimum absolute atomic E-state index is 0.0202. The van der Waals surface area contributed by atoms with Crippen molar-refractivity contribution < 1.29 is 18.7 Å². The summed E-state index contributed by atoms with van der Waals surface area (Å²) in [5.41, 5.74) is 2.60. The molecule has 3 heterocycles. The molecule has 206 valence electrons. The Kier molecular flexibility index (Phi) is 8.25. The van der Waals surface area contributed by atoms with E-state index >= 15 is 0 Å². The zero-order valence-electron chi connectivity index (χ0n) is 23.9. The normalized spacial score (nSPS) is 20.2. The zero-order valence-corrected chi connectivity index (χ0v) is 24.9. The first-order chi connectivity index (χ1) is 17.9.